The summed E-state index contributed by atoms with van der Waals surface area (Å²) in [5.41, 5.74) is 4.71. The second-order valence-corrected chi connectivity index (χ2v) is 5.89. The second-order valence-electron chi connectivity index (χ2n) is 5.08. The first-order chi connectivity index (χ1) is 11.2. The molecule has 0 atom stereocenters. The molecule has 0 saturated carbocycles. The number of hydrogen-bond donors (Lipinski definition) is 1. The fourth-order valence-corrected chi connectivity index (χ4v) is 2.74. The maximum absolute atomic E-state index is 4.75. The molecular weight excluding hydrogens is 356 g/mol. The molecule has 4 aromatic heterocycles. The van der Waals surface area contributed by atoms with Gasteiger partial charge in [-0.3, -0.25) is 10.1 Å². The number of H-pyrrole nitrogens is 1. The van der Waals surface area contributed by atoms with Gasteiger partial charge in [-0.25, -0.2) is 15.0 Å². The number of halogens is 1. The number of aromatic amines is 1. The molecule has 0 bridgehead atoms. The van der Waals surface area contributed by atoms with E-state index in [1.807, 2.05) is 31.2 Å². The molecule has 0 radical (unpaired) electrons. The molecule has 4 aromatic rings. The molecule has 4 rings (SSSR count). The van der Waals surface area contributed by atoms with Gasteiger partial charge in [-0.15, -0.1) is 0 Å². The predicted molar refractivity (Wildman–Crippen MR) is 90.6 cm³/mol. The predicted octanol–water partition coefficient (Wildman–Crippen LogP) is 3.55. The van der Waals surface area contributed by atoms with Gasteiger partial charge in [-0.05, 0) is 41.1 Å². The molecule has 0 aliphatic rings. The van der Waals surface area contributed by atoms with Crippen LogP contribution in [-0.2, 0) is 0 Å². The lowest BCUT2D eigenvalue weighted by molar-refractivity contribution is 1.10. The zero-order chi connectivity index (χ0) is 15.8. The van der Waals surface area contributed by atoms with Gasteiger partial charge in [-0.2, -0.15) is 5.10 Å². The molecule has 0 amide bonds. The van der Waals surface area contributed by atoms with Crippen LogP contribution in [0.2, 0.25) is 0 Å². The second kappa shape index (κ2) is 5.51. The van der Waals surface area contributed by atoms with Gasteiger partial charge < -0.3 is 0 Å². The van der Waals surface area contributed by atoms with Crippen molar-refractivity contribution in [3.63, 3.8) is 0 Å². The number of fused-ring (bicyclic) bond motifs is 1. The third kappa shape index (κ3) is 2.59. The Labute approximate surface area is 140 Å². The number of nitrogens with zero attached hydrogens (tertiary/aromatic N) is 5. The SMILES string of the molecule is Cc1cncc(-c2cc3[nH]ncc3c(-c3cccc(Br)n3)n2)n1. The van der Waals surface area contributed by atoms with E-state index in [0.29, 0.717) is 0 Å². The number of pyridine rings is 2. The normalized spacial score (nSPS) is 11.0. The van der Waals surface area contributed by atoms with E-state index in [-0.39, 0.29) is 0 Å². The van der Waals surface area contributed by atoms with Gasteiger partial charge in [-0.1, -0.05) is 6.07 Å². The van der Waals surface area contributed by atoms with Crippen molar-refractivity contribution in [1.29, 1.82) is 0 Å². The lowest BCUT2D eigenvalue weighted by Crippen LogP contribution is -1.95. The third-order valence-corrected chi connectivity index (χ3v) is 3.85. The fraction of sp³-hybridized carbons (Fsp3) is 0.0625. The summed E-state index contributed by atoms with van der Waals surface area (Å²) >= 11 is 3.40. The summed E-state index contributed by atoms with van der Waals surface area (Å²) in [5, 5.41) is 8.03. The van der Waals surface area contributed by atoms with E-state index < -0.39 is 0 Å². The van der Waals surface area contributed by atoms with Crippen molar-refractivity contribution >= 4 is 26.8 Å². The summed E-state index contributed by atoms with van der Waals surface area (Å²) in [6.07, 6.45) is 5.18. The molecule has 23 heavy (non-hydrogen) atoms. The molecule has 4 heterocycles. The molecule has 0 aromatic carbocycles. The average Bonchev–Trinajstić information content (AvgIpc) is 3.02. The Kier molecular flexibility index (Phi) is 3.34. The number of nitrogens with one attached hydrogen (secondary N) is 1. The van der Waals surface area contributed by atoms with Crippen molar-refractivity contribution in [2.24, 2.45) is 0 Å². The van der Waals surface area contributed by atoms with Crippen LogP contribution in [0.4, 0.5) is 0 Å². The molecule has 1 N–H and O–H groups in total. The minimum Gasteiger partial charge on any atom is -0.278 e. The van der Waals surface area contributed by atoms with Gasteiger partial charge >= 0.3 is 0 Å². The van der Waals surface area contributed by atoms with E-state index in [0.717, 1.165) is 44.0 Å². The summed E-state index contributed by atoms with van der Waals surface area (Å²) in [5.74, 6) is 0. The van der Waals surface area contributed by atoms with Crippen LogP contribution in [0, 0.1) is 6.92 Å². The van der Waals surface area contributed by atoms with Crippen molar-refractivity contribution in [2.75, 3.05) is 0 Å². The van der Waals surface area contributed by atoms with Crippen LogP contribution in [0.25, 0.3) is 33.7 Å². The third-order valence-electron chi connectivity index (χ3n) is 3.41. The lowest BCUT2D eigenvalue weighted by Gasteiger charge is -2.06. The van der Waals surface area contributed by atoms with Crippen molar-refractivity contribution in [1.82, 2.24) is 30.1 Å². The lowest BCUT2D eigenvalue weighted by atomic mass is 10.1. The first kappa shape index (κ1) is 14.0. The molecular formula is C16H11BrN6. The summed E-state index contributed by atoms with van der Waals surface area (Å²) in [6.45, 7) is 1.90. The maximum Gasteiger partial charge on any atom is 0.107 e. The van der Waals surface area contributed by atoms with Crippen molar-refractivity contribution in [3.8, 4) is 22.8 Å². The number of hydrogen-bond acceptors (Lipinski definition) is 5. The van der Waals surface area contributed by atoms with Crippen LogP contribution in [0.15, 0.2) is 47.5 Å². The largest absolute Gasteiger partial charge is 0.278 e. The Morgan fingerprint density at radius 3 is 2.70 bits per heavy atom. The minimum atomic E-state index is 0.720. The van der Waals surface area contributed by atoms with Crippen molar-refractivity contribution in [3.05, 3.63) is 53.2 Å². The Bertz CT molecular complexity index is 1010. The summed E-state index contributed by atoms with van der Waals surface area (Å²) < 4.78 is 0.759. The van der Waals surface area contributed by atoms with Gasteiger partial charge in [0, 0.05) is 11.6 Å². The molecule has 6 nitrogen and oxygen atoms in total. The van der Waals surface area contributed by atoms with Crippen molar-refractivity contribution in [2.45, 2.75) is 6.92 Å². The van der Waals surface area contributed by atoms with E-state index in [4.69, 9.17) is 4.98 Å². The fourth-order valence-electron chi connectivity index (χ4n) is 2.40. The Balaban J connectivity index is 1.98. The summed E-state index contributed by atoms with van der Waals surface area (Å²) in [4.78, 5) is 17.9. The van der Waals surface area contributed by atoms with Gasteiger partial charge in [0.2, 0.25) is 0 Å². The number of rotatable bonds is 2. The average molecular weight is 367 g/mol. The highest BCUT2D eigenvalue weighted by molar-refractivity contribution is 9.10. The molecule has 0 spiro atoms. The topological polar surface area (TPSA) is 80.2 Å². The van der Waals surface area contributed by atoms with Crippen LogP contribution >= 0.6 is 15.9 Å². The van der Waals surface area contributed by atoms with Crippen LogP contribution in [0.3, 0.4) is 0 Å². The molecule has 0 fully saturated rings. The van der Waals surface area contributed by atoms with Crippen LogP contribution < -0.4 is 0 Å². The highest BCUT2D eigenvalue weighted by Gasteiger charge is 2.13. The molecule has 0 unspecified atom stereocenters. The smallest absolute Gasteiger partial charge is 0.107 e. The zero-order valence-corrected chi connectivity index (χ0v) is 13.7. The first-order valence-electron chi connectivity index (χ1n) is 6.97. The van der Waals surface area contributed by atoms with Gasteiger partial charge in [0.25, 0.3) is 0 Å². The standard InChI is InChI=1S/C16H11BrN6/c1-9-6-18-8-14(20-9)13-5-12-10(7-19-23-12)16(22-13)11-3-2-4-15(17)21-11/h2-8H,1H3,(H,19,23). The Hall–Kier alpha value is -2.67. The summed E-state index contributed by atoms with van der Waals surface area (Å²) in [6, 6.07) is 7.66. The van der Waals surface area contributed by atoms with Crippen LogP contribution in [0.5, 0.6) is 0 Å². The van der Waals surface area contributed by atoms with Gasteiger partial charge in [0.15, 0.2) is 0 Å². The van der Waals surface area contributed by atoms with Crippen LogP contribution in [-0.4, -0.2) is 30.1 Å². The van der Waals surface area contributed by atoms with E-state index in [2.05, 4.69) is 41.1 Å². The monoisotopic (exact) mass is 366 g/mol. The van der Waals surface area contributed by atoms with Crippen molar-refractivity contribution < 1.29 is 0 Å². The van der Waals surface area contributed by atoms with Crippen LogP contribution in [0.1, 0.15) is 5.69 Å². The summed E-state index contributed by atoms with van der Waals surface area (Å²) in [7, 11) is 0. The number of aryl methyl sites for hydroxylation is 1. The molecule has 7 heteroatoms. The van der Waals surface area contributed by atoms with Gasteiger partial charge in [0.05, 0.1) is 35.0 Å². The van der Waals surface area contributed by atoms with E-state index in [9.17, 15) is 0 Å². The zero-order valence-electron chi connectivity index (χ0n) is 12.2. The van der Waals surface area contributed by atoms with Gasteiger partial charge in [0.1, 0.15) is 16.0 Å². The van der Waals surface area contributed by atoms with E-state index in [1.165, 1.54) is 0 Å². The molecule has 0 aliphatic carbocycles. The molecule has 112 valence electrons. The minimum absolute atomic E-state index is 0.720. The Morgan fingerprint density at radius 1 is 0.957 bits per heavy atom. The van der Waals surface area contributed by atoms with E-state index >= 15 is 0 Å². The molecule has 0 saturated heterocycles. The first-order valence-corrected chi connectivity index (χ1v) is 7.76. The quantitative estimate of drug-likeness (QED) is 0.548. The highest BCUT2D eigenvalue weighted by atomic mass is 79.9. The number of aromatic nitrogens is 6. The highest BCUT2D eigenvalue weighted by Crippen LogP contribution is 2.29. The Morgan fingerprint density at radius 2 is 1.87 bits per heavy atom. The molecule has 0 aliphatic heterocycles. The van der Waals surface area contributed by atoms with E-state index in [1.54, 1.807) is 18.6 Å². The maximum atomic E-state index is 4.75.